The molecule has 0 nitrogen and oxygen atoms in total. The summed E-state index contributed by atoms with van der Waals surface area (Å²) in [5.41, 5.74) is 5.29. The van der Waals surface area contributed by atoms with E-state index in [1.807, 2.05) is 24.3 Å². The van der Waals surface area contributed by atoms with E-state index < -0.39 is 0 Å². The molecule has 0 fully saturated rings. The van der Waals surface area contributed by atoms with Gasteiger partial charge in [-0.3, -0.25) is 0 Å². The van der Waals surface area contributed by atoms with E-state index in [2.05, 4.69) is 61.5 Å². The van der Waals surface area contributed by atoms with Gasteiger partial charge < -0.3 is 0 Å². The minimum absolute atomic E-state index is 0.159. The van der Waals surface area contributed by atoms with Gasteiger partial charge in [-0.2, -0.15) is 0 Å². The van der Waals surface area contributed by atoms with Gasteiger partial charge in [-0.25, -0.2) is 4.39 Å². The zero-order valence-corrected chi connectivity index (χ0v) is 16.8. The van der Waals surface area contributed by atoms with Crippen LogP contribution in [-0.2, 0) is 19.3 Å². The van der Waals surface area contributed by atoms with Crippen LogP contribution in [0.5, 0.6) is 0 Å². The van der Waals surface area contributed by atoms with Crippen LogP contribution in [0.25, 0.3) is 21.6 Å². The number of hydrogen-bond donors (Lipinski definition) is 0. The zero-order valence-electron chi connectivity index (χ0n) is 16.0. The Morgan fingerprint density at radius 2 is 1.46 bits per heavy atom. The lowest BCUT2D eigenvalue weighted by molar-refractivity contribution is 0.632. The highest BCUT2D eigenvalue weighted by molar-refractivity contribution is 7.15. The first kappa shape index (κ1) is 18.6. The van der Waals surface area contributed by atoms with Gasteiger partial charge in [-0.1, -0.05) is 67.6 Å². The molecule has 4 rings (SSSR count). The predicted octanol–water partition coefficient (Wildman–Crippen LogP) is 7.57. The number of halogens is 1. The smallest absolute Gasteiger partial charge is 0.132 e. The molecular formula is C26H23FS. The molecule has 0 atom stereocenters. The van der Waals surface area contributed by atoms with Gasteiger partial charge >= 0.3 is 0 Å². The third kappa shape index (κ3) is 4.23. The van der Waals surface area contributed by atoms with E-state index in [1.54, 1.807) is 17.4 Å². The molecule has 0 spiro atoms. The molecule has 140 valence electrons. The minimum Gasteiger partial charge on any atom is -0.206 e. The fraction of sp³-hybridized carbons (Fsp3) is 0.154. The van der Waals surface area contributed by atoms with Crippen LogP contribution in [0.3, 0.4) is 0 Å². The van der Waals surface area contributed by atoms with E-state index in [0.29, 0.717) is 5.56 Å². The average Bonchev–Trinajstić information content (AvgIpc) is 3.22. The van der Waals surface area contributed by atoms with Gasteiger partial charge in [0.2, 0.25) is 0 Å². The number of hydrogen-bond acceptors (Lipinski definition) is 1. The van der Waals surface area contributed by atoms with Crippen LogP contribution < -0.4 is 0 Å². The lowest BCUT2D eigenvalue weighted by Crippen LogP contribution is -1.87. The molecule has 0 N–H and O–H groups in total. The van der Waals surface area contributed by atoms with Crippen LogP contribution in [0.1, 0.15) is 22.9 Å². The van der Waals surface area contributed by atoms with Gasteiger partial charge in [0.1, 0.15) is 5.82 Å². The van der Waals surface area contributed by atoms with Crippen molar-refractivity contribution in [2.75, 3.05) is 0 Å². The Bertz CT molecular complexity index is 1050. The maximum atomic E-state index is 14.8. The summed E-state index contributed by atoms with van der Waals surface area (Å²) in [4.78, 5) is 2.28. The van der Waals surface area contributed by atoms with E-state index in [1.165, 1.54) is 16.0 Å². The van der Waals surface area contributed by atoms with Crippen molar-refractivity contribution in [1.29, 1.82) is 0 Å². The maximum absolute atomic E-state index is 14.8. The molecule has 28 heavy (non-hydrogen) atoms. The van der Waals surface area contributed by atoms with Crippen molar-refractivity contribution >= 4 is 11.3 Å². The molecule has 1 aromatic heterocycles. The first-order chi connectivity index (χ1) is 13.7. The zero-order chi connectivity index (χ0) is 19.3. The molecule has 0 unspecified atom stereocenters. The lowest BCUT2D eigenvalue weighted by Gasteiger charge is -2.06. The molecule has 0 amide bonds. The number of thiophene rings is 1. The Labute approximate surface area is 170 Å². The first-order valence-corrected chi connectivity index (χ1v) is 10.6. The molecule has 0 aliphatic heterocycles. The maximum Gasteiger partial charge on any atom is 0.132 e. The van der Waals surface area contributed by atoms with Crippen LogP contribution >= 0.6 is 11.3 Å². The molecular weight excluding hydrogens is 363 g/mol. The fourth-order valence-corrected chi connectivity index (χ4v) is 4.43. The molecule has 0 radical (unpaired) electrons. The van der Waals surface area contributed by atoms with Crippen molar-refractivity contribution in [2.45, 2.75) is 26.2 Å². The fourth-order valence-electron chi connectivity index (χ4n) is 3.40. The topological polar surface area (TPSA) is 0 Å². The van der Waals surface area contributed by atoms with E-state index in [4.69, 9.17) is 0 Å². The van der Waals surface area contributed by atoms with Crippen molar-refractivity contribution in [3.63, 3.8) is 0 Å². The summed E-state index contributed by atoms with van der Waals surface area (Å²) in [5, 5.41) is 0. The van der Waals surface area contributed by atoms with Crippen molar-refractivity contribution in [3.8, 4) is 21.6 Å². The van der Waals surface area contributed by atoms with Crippen LogP contribution in [-0.4, -0.2) is 0 Å². The Hall–Kier alpha value is -2.71. The summed E-state index contributed by atoms with van der Waals surface area (Å²) in [6.07, 6.45) is 3.01. The summed E-state index contributed by atoms with van der Waals surface area (Å²) in [6.45, 7) is 2.14. The Morgan fingerprint density at radius 3 is 2.18 bits per heavy atom. The molecule has 3 aromatic carbocycles. The predicted molar refractivity (Wildman–Crippen MR) is 118 cm³/mol. The summed E-state index contributed by atoms with van der Waals surface area (Å²) < 4.78 is 14.8. The Balaban J connectivity index is 1.50. The van der Waals surface area contributed by atoms with Crippen molar-refractivity contribution in [1.82, 2.24) is 0 Å². The molecule has 0 saturated carbocycles. The Kier molecular flexibility index (Phi) is 5.68. The van der Waals surface area contributed by atoms with Crippen LogP contribution in [0, 0.1) is 5.82 Å². The SMILES string of the molecule is CCc1ccc(-c2ccc(-c3ccc(CCc4ccccc4)s3)c(F)c2)cc1. The number of benzene rings is 3. The Morgan fingerprint density at radius 1 is 0.714 bits per heavy atom. The minimum atomic E-state index is -0.159. The molecule has 0 bridgehead atoms. The normalized spacial score (nSPS) is 10.9. The van der Waals surface area contributed by atoms with E-state index in [0.717, 1.165) is 35.3 Å². The average molecular weight is 387 g/mol. The van der Waals surface area contributed by atoms with Gasteiger partial charge in [-0.05, 0) is 65.8 Å². The van der Waals surface area contributed by atoms with Gasteiger partial charge in [0.15, 0.2) is 0 Å². The molecule has 1 heterocycles. The molecule has 2 heteroatoms. The third-order valence-electron chi connectivity index (χ3n) is 5.09. The lowest BCUT2D eigenvalue weighted by atomic mass is 10.0. The number of rotatable bonds is 6. The molecule has 0 aliphatic rings. The van der Waals surface area contributed by atoms with Crippen LogP contribution in [0.2, 0.25) is 0 Å². The highest BCUT2D eigenvalue weighted by atomic mass is 32.1. The number of aryl methyl sites for hydroxylation is 3. The standard InChI is InChI=1S/C26H23FS/c1-2-19-8-11-21(12-9-19)22-13-16-24(25(27)18-22)26-17-15-23(28-26)14-10-20-6-4-3-5-7-20/h3-9,11-13,15-18H,2,10,14H2,1H3. The van der Waals surface area contributed by atoms with Crippen molar-refractivity contribution in [2.24, 2.45) is 0 Å². The highest BCUT2D eigenvalue weighted by Crippen LogP contribution is 2.33. The summed E-state index contributed by atoms with van der Waals surface area (Å²) >= 11 is 1.69. The van der Waals surface area contributed by atoms with E-state index >= 15 is 0 Å². The van der Waals surface area contributed by atoms with E-state index in [-0.39, 0.29) is 5.82 Å². The third-order valence-corrected chi connectivity index (χ3v) is 6.27. The van der Waals surface area contributed by atoms with E-state index in [9.17, 15) is 4.39 Å². The highest BCUT2D eigenvalue weighted by Gasteiger charge is 2.10. The summed E-state index contributed by atoms with van der Waals surface area (Å²) in [7, 11) is 0. The second-order valence-electron chi connectivity index (χ2n) is 7.00. The second-order valence-corrected chi connectivity index (χ2v) is 8.16. The largest absolute Gasteiger partial charge is 0.206 e. The van der Waals surface area contributed by atoms with Gasteiger partial charge in [0, 0.05) is 15.3 Å². The van der Waals surface area contributed by atoms with Gasteiger partial charge in [0.25, 0.3) is 0 Å². The van der Waals surface area contributed by atoms with Gasteiger partial charge in [-0.15, -0.1) is 11.3 Å². The quantitative estimate of drug-likeness (QED) is 0.320. The molecule has 0 aliphatic carbocycles. The molecule has 4 aromatic rings. The summed E-state index contributed by atoms with van der Waals surface area (Å²) in [5.74, 6) is -0.159. The second kappa shape index (κ2) is 8.53. The monoisotopic (exact) mass is 386 g/mol. The van der Waals surface area contributed by atoms with Crippen LogP contribution in [0.15, 0.2) is 84.9 Å². The van der Waals surface area contributed by atoms with Crippen molar-refractivity contribution in [3.05, 3.63) is 107 Å². The van der Waals surface area contributed by atoms with Gasteiger partial charge in [0.05, 0.1) is 0 Å². The molecule has 0 saturated heterocycles. The van der Waals surface area contributed by atoms with Crippen LogP contribution in [0.4, 0.5) is 4.39 Å². The van der Waals surface area contributed by atoms with Crippen molar-refractivity contribution < 1.29 is 4.39 Å². The summed E-state index contributed by atoms with van der Waals surface area (Å²) in [6, 6.07) is 28.6. The first-order valence-electron chi connectivity index (χ1n) is 9.75.